The molecule has 0 bridgehead atoms. The van der Waals surface area contributed by atoms with Crippen molar-refractivity contribution in [1.29, 1.82) is 0 Å². The van der Waals surface area contributed by atoms with Crippen LogP contribution in [-0.2, 0) is 0 Å². The molecule has 0 aliphatic carbocycles. The molecule has 0 fully saturated rings. The van der Waals surface area contributed by atoms with Crippen LogP contribution in [0.15, 0.2) is 18.2 Å². The Morgan fingerprint density at radius 1 is 1.25 bits per heavy atom. The normalized spacial score (nSPS) is 14.9. The first-order valence-corrected chi connectivity index (χ1v) is 5.49. The molecule has 0 aromatic heterocycles. The third-order valence-corrected chi connectivity index (χ3v) is 2.88. The zero-order chi connectivity index (χ0) is 12.3. The Balaban J connectivity index is 3.11. The molecule has 0 saturated heterocycles. The minimum atomic E-state index is -0.578. The van der Waals surface area contributed by atoms with Gasteiger partial charge in [0.25, 0.3) is 0 Å². The van der Waals surface area contributed by atoms with Crippen LogP contribution < -0.4 is 4.74 Å². The molecule has 2 unspecified atom stereocenters. The lowest BCUT2D eigenvalue weighted by molar-refractivity contribution is 0.0996. The SMILES string of the molecule is COc1cccc(F)c1C(C)C(O)C(C)C. The van der Waals surface area contributed by atoms with Gasteiger partial charge in [-0.3, -0.25) is 0 Å². The second-order valence-corrected chi connectivity index (χ2v) is 4.38. The molecule has 0 aliphatic heterocycles. The van der Waals surface area contributed by atoms with Crippen LogP contribution in [0.2, 0.25) is 0 Å². The molecule has 90 valence electrons. The van der Waals surface area contributed by atoms with Crippen LogP contribution in [0.4, 0.5) is 4.39 Å². The molecule has 0 heterocycles. The number of hydrogen-bond donors (Lipinski definition) is 1. The molecule has 1 N–H and O–H groups in total. The third-order valence-electron chi connectivity index (χ3n) is 2.88. The molecule has 0 saturated carbocycles. The van der Waals surface area contributed by atoms with Crippen LogP contribution in [0.5, 0.6) is 5.75 Å². The summed E-state index contributed by atoms with van der Waals surface area (Å²) in [4.78, 5) is 0. The van der Waals surface area contributed by atoms with Crippen molar-refractivity contribution in [3.63, 3.8) is 0 Å². The van der Waals surface area contributed by atoms with E-state index in [0.29, 0.717) is 11.3 Å². The highest BCUT2D eigenvalue weighted by atomic mass is 19.1. The second-order valence-electron chi connectivity index (χ2n) is 4.38. The quantitative estimate of drug-likeness (QED) is 0.855. The number of benzene rings is 1. The Morgan fingerprint density at radius 2 is 1.88 bits per heavy atom. The van der Waals surface area contributed by atoms with Crippen molar-refractivity contribution in [2.24, 2.45) is 5.92 Å². The summed E-state index contributed by atoms with van der Waals surface area (Å²) in [6, 6.07) is 4.70. The smallest absolute Gasteiger partial charge is 0.130 e. The predicted molar refractivity (Wildman–Crippen MR) is 62.2 cm³/mol. The van der Waals surface area contributed by atoms with Gasteiger partial charge in [-0.2, -0.15) is 0 Å². The van der Waals surface area contributed by atoms with Gasteiger partial charge in [0.2, 0.25) is 0 Å². The summed E-state index contributed by atoms with van der Waals surface area (Å²) in [5, 5.41) is 9.97. The van der Waals surface area contributed by atoms with Gasteiger partial charge in [-0.05, 0) is 18.1 Å². The lowest BCUT2D eigenvalue weighted by Crippen LogP contribution is -2.23. The summed E-state index contributed by atoms with van der Waals surface area (Å²) >= 11 is 0. The van der Waals surface area contributed by atoms with Gasteiger partial charge in [-0.15, -0.1) is 0 Å². The first-order valence-electron chi connectivity index (χ1n) is 5.49. The van der Waals surface area contributed by atoms with E-state index >= 15 is 0 Å². The number of aliphatic hydroxyl groups excluding tert-OH is 1. The van der Waals surface area contributed by atoms with E-state index in [1.807, 2.05) is 20.8 Å². The fourth-order valence-corrected chi connectivity index (χ4v) is 1.89. The maximum atomic E-state index is 13.7. The number of halogens is 1. The van der Waals surface area contributed by atoms with Crippen molar-refractivity contribution in [2.45, 2.75) is 32.8 Å². The molecule has 2 nitrogen and oxygen atoms in total. The lowest BCUT2D eigenvalue weighted by atomic mass is 9.88. The third kappa shape index (κ3) is 2.53. The first-order chi connectivity index (χ1) is 7.49. The topological polar surface area (TPSA) is 29.5 Å². The zero-order valence-corrected chi connectivity index (χ0v) is 10.2. The van der Waals surface area contributed by atoms with Gasteiger partial charge in [0.05, 0.1) is 13.2 Å². The zero-order valence-electron chi connectivity index (χ0n) is 10.2. The number of methoxy groups -OCH3 is 1. The molecule has 1 aromatic carbocycles. The Bertz CT molecular complexity index is 350. The summed E-state index contributed by atoms with van der Waals surface area (Å²) < 4.78 is 18.8. The average Bonchev–Trinajstić information content (AvgIpc) is 2.26. The van der Waals surface area contributed by atoms with Gasteiger partial charge in [-0.1, -0.05) is 26.8 Å². The van der Waals surface area contributed by atoms with Crippen molar-refractivity contribution in [3.8, 4) is 5.75 Å². The summed E-state index contributed by atoms with van der Waals surface area (Å²) in [6.07, 6.45) is -0.578. The molecule has 0 radical (unpaired) electrons. The minimum absolute atomic E-state index is 0.0827. The Morgan fingerprint density at radius 3 is 2.38 bits per heavy atom. The van der Waals surface area contributed by atoms with Crippen molar-refractivity contribution in [1.82, 2.24) is 0 Å². The summed E-state index contributed by atoms with van der Waals surface area (Å²) in [6.45, 7) is 5.63. The summed E-state index contributed by atoms with van der Waals surface area (Å²) in [5.41, 5.74) is 0.450. The van der Waals surface area contributed by atoms with Crippen LogP contribution in [-0.4, -0.2) is 18.3 Å². The molecular formula is C13H19FO2. The Labute approximate surface area is 96.1 Å². The van der Waals surface area contributed by atoms with E-state index in [4.69, 9.17) is 4.74 Å². The maximum absolute atomic E-state index is 13.7. The van der Waals surface area contributed by atoms with Crippen molar-refractivity contribution < 1.29 is 14.2 Å². The summed E-state index contributed by atoms with van der Waals surface area (Å²) in [5.74, 6) is -0.0331. The fourth-order valence-electron chi connectivity index (χ4n) is 1.89. The monoisotopic (exact) mass is 226 g/mol. The average molecular weight is 226 g/mol. The van der Waals surface area contributed by atoms with E-state index in [1.165, 1.54) is 13.2 Å². The van der Waals surface area contributed by atoms with Crippen molar-refractivity contribution in [3.05, 3.63) is 29.6 Å². The largest absolute Gasteiger partial charge is 0.496 e. The number of rotatable bonds is 4. The van der Waals surface area contributed by atoms with E-state index in [2.05, 4.69) is 0 Å². The van der Waals surface area contributed by atoms with Crippen LogP contribution in [0, 0.1) is 11.7 Å². The molecular weight excluding hydrogens is 207 g/mol. The van der Waals surface area contributed by atoms with Gasteiger partial charge in [-0.25, -0.2) is 4.39 Å². The molecule has 1 rings (SSSR count). The van der Waals surface area contributed by atoms with E-state index in [9.17, 15) is 9.50 Å². The second kappa shape index (κ2) is 5.30. The number of hydrogen-bond acceptors (Lipinski definition) is 2. The van der Waals surface area contributed by atoms with Crippen LogP contribution in [0.1, 0.15) is 32.3 Å². The molecule has 0 amide bonds. The van der Waals surface area contributed by atoms with Crippen molar-refractivity contribution >= 4 is 0 Å². The highest BCUT2D eigenvalue weighted by Gasteiger charge is 2.25. The molecule has 0 spiro atoms. The van der Waals surface area contributed by atoms with Gasteiger partial charge in [0.15, 0.2) is 0 Å². The Hall–Kier alpha value is -1.09. The van der Waals surface area contributed by atoms with Crippen LogP contribution >= 0.6 is 0 Å². The molecule has 0 aliphatic rings. The molecule has 3 heteroatoms. The number of ether oxygens (including phenoxy) is 1. The molecule has 16 heavy (non-hydrogen) atoms. The molecule has 1 aromatic rings. The first kappa shape index (κ1) is 13.0. The standard InChI is InChI=1S/C13H19FO2/c1-8(2)13(15)9(3)12-10(14)6-5-7-11(12)16-4/h5-9,13,15H,1-4H3. The van der Waals surface area contributed by atoms with E-state index in [0.717, 1.165) is 0 Å². The fraction of sp³-hybridized carbons (Fsp3) is 0.538. The molecule has 2 atom stereocenters. The predicted octanol–water partition coefficient (Wildman–Crippen LogP) is 2.95. The van der Waals surface area contributed by atoms with E-state index in [-0.39, 0.29) is 17.7 Å². The highest BCUT2D eigenvalue weighted by Crippen LogP contribution is 2.33. The highest BCUT2D eigenvalue weighted by molar-refractivity contribution is 5.37. The van der Waals surface area contributed by atoms with Crippen LogP contribution in [0.3, 0.4) is 0 Å². The van der Waals surface area contributed by atoms with E-state index in [1.54, 1.807) is 12.1 Å². The van der Waals surface area contributed by atoms with Gasteiger partial charge in [0.1, 0.15) is 11.6 Å². The van der Waals surface area contributed by atoms with Crippen molar-refractivity contribution in [2.75, 3.05) is 7.11 Å². The maximum Gasteiger partial charge on any atom is 0.130 e. The van der Waals surface area contributed by atoms with Gasteiger partial charge < -0.3 is 9.84 Å². The van der Waals surface area contributed by atoms with Gasteiger partial charge in [0, 0.05) is 11.5 Å². The lowest BCUT2D eigenvalue weighted by Gasteiger charge is -2.24. The van der Waals surface area contributed by atoms with E-state index < -0.39 is 6.10 Å². The van der Waals surface area contributed by atoms with Gasteiger partial charge >= 0.3 is 0 Å². The minimum Gasteiger partial charge on any atom is -0.496 e. The Kier molecular flexibility index (Phi) is 4.30. The summed E-state index contributed by atoms with van der Waals surface area (Å²) in [7, 11) is 1.51. The van der Waals surface area contributed by atoms with Crippen LogP contribution in [0.25, 0.3) is 0 Å². The number of aliphatic hydroxyl groups is 1.